The Morgan fingerprint density at radius 2 is 1.86 bits per heavy atom. The molecule has 0 amide bonds. The Kier molecular flexibility index (Phi) is 3.73. The predicted molar refractivity (Wildman–Crippen MR) is 60.3 cm³/mol. The molecule has 1 aromatic rings. The van der Waals surface area contributed by atoms with Crippen LogP contribution in [0.15, 0.2) is 6.20 Å². The molecule has 0 N–H and O–H groups in total. The van der Waals surface area contributed by atoms with Gasteiger partial charge in [-0.1, -0.05) is 27.7 Å². The van der Waals surface area contributed by atoms with E-state index in [1.54, 1.807) is 0 Å². The van der Waals surface area contributed by atoms with Crippen molar-refractivity contribution < 1.29 is 0 Å². The highest BCUT2D eigenvalue weighted by molar-refractivity contribution is 5.15. The number of nitrogens with zero attached hydrogens (tertiary/aromatic N) is 2. The lowest BCUT2D eigenvalue weighted by molar-refractivity contribution is 0.481. The van der Waals surface area contributed by atoms with Gasteiger partial charge in [0.15, 0.2) is 0 Å². The van der Waals surface area contributed by atoms with E-state index in [0.29, 0.717) is 11.8 Å². The maximum absolute atomic E-state index is 4.52. The number of aryl methyl sites for hydroxylation is 1. The molecule has 1 aromatic heterocycles. The van der Waals surface area contributed by atoms with E-state index in [1.807, 2.05) is 0 Å². The van der Waals surface area contributed by atoms with E-state index in [4.69, 9.17) is 0 Å². The Hall–Kier alpha value is -0.790. The normalized spacial score (nSPS) is 11.6. The van der Waals surface area contributed by atoms with Gasteiger partial charge in [0.05, 0.1) is 5.69 Å². The summed E-state index contributed by atoms with van der Waals surface area (Å²) in [6, 6.07) is 0. The van der Waals surface area contributed by atoms with Gasteiger partial charge in [-0.3, -0.25) is 4.68 Å². The molecule has 2 nitrogen and oxygen atoms in total. The van der Waals surface area contributed by atoms with Crippen LogP contribution in [0.5, 0.6) is 0 Å². The van der Waals surface area contributed by atoms with Gasteiger partial charge in [-0.15, -0.1) is 0 Å². The SMILES string of the molecule is Cc1nn(CC(C)C)cc1CC(C)C. The topological polar surface area (TPSA) is 17.8 Å². The van der Waals surface area contributed by atoms with Gasteiger partial charge in [0.1, 0.15) is 0 Å². The molecule has 0 aliphatic rings. The molecule has 0 atom stereocenters. The lowest BCUT2D eigenvalue weighted by atomic mass is 10.0. The average molecular weight is 194 g/mol. The van der Waals surface area contributed by atoms with Gasteiger partial charge >= 0.3 is 0 Å². The summed E-state index contributed by atoms with van der Waals surface area (Å²) in [5.74, 6) is 1.38. The van der Waals surface area contributed by atoms with Gasteiger partial charge in [0.2, 0.25) is 0 Å². The molecule has 0 aliphatic carbocycles. The van der Waals surface area contributed by atoms with Gasteiger partial charge in [-0.2, -0.15) is 5.10 Å². The summed E-state index contributed by atoms with van der Waals surface area (Å²) in [7, 11) is 0. The van der Waals surface area contributed by atoms with E-state index in [9.17, 15) is 0 Å². The van der Waals surface area contributed by atoms with E-state index >= 15 is 0 Å². The maximum atomic E-state index is 4.52. The molecule has 1 rings (SSSR count). The third-order valence-corrected chi connectivity index (χ3v) is 2.23. The Morgan fingerprint density at radius 1 is 1.21 bits per heavy atom. The standard InChI is InChI=1S/C12H22N2/c1-9(2)6-12-8-14(7-10(3)4)13-11(12)5/h8-10H,6-7H2,1-5H3. The van der Waals surface area contributed by atoms with Crippen molar-refractivity contribution in [2.24, 2.45) is 11.8 Å². The largest absolute Gasteiger partial charge is 0.272 e. The summed E-state index contributed by atoms with van der Waals surface area (Å²) in [6.07, 6.45) is 3.35. The Bertz CT molecular complexity index is 285. The maximum Gasteiger partial charge on any atom is 0.0625 e. The second-order valence-electron chi connectivity index (χ2n) is 4.95. The lowest BCUT2D eigenvalue weighted by Gasteiger charge is -2.03. The van der Waals surface area contributed by atoms with Crippen molar-refractivity contribution in [1.29, 1.82) is 0 Å². The molecule has 0 fully saturated rings. The molecule has 0 saturated carbocycles. The van der Waals surface area contributed by atoms with Crippen LogP contribution in [-0.2, 0) is 13.0 Å². The fourth-order valence-corrected chi connectivity index (χ4v) is 1.67. The van der Waals surface area contributed by atoms with Crippen molar-refractivity contribution in [1.82, 2.24) is 9.78 Å². The smallest absolute Gasteiger partial charge is 0.0625 e. The van der Waals surface area contributed by atoms with Gasteiger partial charge in [-0.05, 0) is 30.7 Å². The zero-order valence-electron chi connectivity index (χ0n) is 10.0. The summed E-state index contributed by atoms with van der Waals surface area (Å²) < 4.78 is 2.08. The summed E-state index contributed by atoms with van der Waals surface area (Å²) in [4.78, 5) is 0. The quantitative estimate of drug-likeness (QED) is 0.720. The van der Waals surface area contributed by atoms with Gasteiger partial charge < -0.3 is 0 Å². The number of rotatable bonds is 4. The van der Waals surface area contributed by atoms with Crippen LogP contribution in [0.1, 0.15) is 39.0 Å². The van der Waals surface area contributed by atoms with E-state index in [-0.39, 0.29) is 0 Å². The Labute approximate surface area is 87.3 Å². The Balaban J connectivity index is 2.72. The molecule has 80 valence electrons. The van der Waals surface area contributed by atoms with Crippen LogP contribution in [0.2, 0.25) is 0 Å². The third kappa shape index (κ3) is 3.17. The minimum Gasteiger partial charge on any atom is -0.272 e. The first-order valence-corrected chi connectivity index (χ1v) is 5.52. The zero-order chi connectivity index (χ0) is 10.7. The molecule has 0 aromatic carbocycles. The van der Waals surface area contributed by atoms with E-state index < -0.39 is 0 Å². The minimum atomic E-state index is 0.668. The van der Waals surface area contributed by atoms with Crippen molar-refractivity contribution in [3.05, 3.63) is 17.5 Å². The zero-order valence-corrected chi connectivity index (χ0v) is 10.0. The summed E-state index contributed by atoms with van der Waals surface area (Å²) in [5.41, 5.74) is 2.60. The highest BCUT2D eigenvalue weighted by Gasteiger charge is 2.07. The minimum absolute atomic E-state index is 0.668. The van der Waals surface area contributed by atoms with Crippen LogP contribution in [-0.4, -0.2) is 9.78 Å². The van der Waals surface area contributed by atoms with E-state index in [1.165, 1.54) is 11.3 Å². The number of aromatic nitrogens is 2. The first-order valence-electron chi connectivity index (χ1n) is 5.52. The van der Waals surface area contributed by atoms with Crippen LogP contribution < -0.4 is 0 Å². The van der Waals surface area contributed by atoms with Gasteiger partial charge in [-0.25, -0.2) is 0 Å². The van der Waals surface area contributed by atoms with Gasteiger partial charge in [0, 0.05) is 12.7 Å². The second-order valence-corrected chi connectivity index (χ2v) is 4.95. The summed E-state index contributed by atoms with van der Waals surface area (Å²) >= 11 is 0. The molecular weight excluding hydrogens is 172 g/mol. The molecule has 0 saturated heterocycles. The monoisotopic (exact) mass is 194 g/mol. The van der Waals surface area contributed by atoms with Crippen LogP contribution in [0, 0.1) is 18.8 Å². The van der Waals surface area contributed by atoms with Crippen LogP contribution in [0.4, 0.5) is 0 Å². The van der Waals surface area contributed by atoms with Crippen molar-refractivity contribution in [2.75, 3.05) is 0 Å². The number of hydrogen-bond acceptors (Lipinski definition) is 1. The Morgan fingerprint density at radius 3 is 2.36 bits per heavy atom. The predicted octanol–water partition coefficient (Wildman–Crippen LogP) is 3.05. The van der Waals surface area contributed by atoms with Crippen LogP contribution in [0.3, 0.4) is 0 Å². The molecular formula is C12H22N2. The first-order chi connectivity index (χ1) is 6.49. The highest BCUT2D eigenvalue weighted by atomic mass is 15.3. The van der Waals surface area contributed by atoms with Gasteiger partial charge in [0.25, 0.3) is 0 Å². The second kappa shape index (κ2) is 4.63. The molecule has 2 heteroatoms. The highest BCUT2D eigenvalue weighted by Crippen LogP contribution is 2.12. The molecule has 14 heavy (non-hydrogen) atoms. The van der Waals surface area contributed by atoms with Crippen molar-refractivity contribution in [2.45, 2.75) is 47.6 Å². The summed E-state index contributed by atoms with van der Waals surface area (Å²) in [5, 5.41) is 4.52. The molecule has 0 unspecified atom stereocenters. The van der Waals surface area contributed by atoms with Crippen molar-refractivity contribution in [3.63, 3.8) is 0 Å². The van der Waals surface area contributed by atoms with Crippen molar-refractivity contribution >= 4 is 0 Å². The fraction of sp³-hybridized carbons (Fsp3) is 0.750. The van der Waals surface area contributed by atoms with Crippen LogP contribution >= 0.6 is 0 Å². The number of hydrogen-bond donors (Lipinski definition) is 0. The molecule has 1 heterocycles. The average Bonchev–Trinajstić information content (AvgIpc) is 2.28. The molecule has 0 aliphatic heterocycles. The van der Waals surface area contributed by atoms with E-state index in [0.717, 1.165) is 13.0 Å². The summed E-state index contributed by atoms with van der Waals surface area (Å²) in [6.45, 7) is 12.1. The molecule has 0 radical (unpaired) electrons. The molecule has 0 bridgehead atoms. The first kappa shape index (κ1) is 11.3. The van der Waals surface area contributed by atoms with Crippen molar-refractivity contribution in [3.8, 4) is 0 Å². The molecule has 0 spiro atoms. The van der Waals surface area contributed by atoms with Crippen LogP contribution in [0.25, 0.3) is 0 Å². The van der Waals surface area contributed by atoms with E-state index in [2.05, 4.69) is 50.6 Å². The fourth-order valence-electron chi connectivity index (χ4n) is 1.67. The lowest BCUT2D eigenvalue weighted by Crippen LogP contribution is -2.04. The third-order valence-electron chi connectivity index (χ3n) is 2.23.